The van der Waals surface area contributed by atoms with E-state index in [0.717, 1.165) is 38.0 Å². The fourth-order valence-electron chi connectivity index (χ4n) is 2.69. The van der Waals surface area contributed by atoms with Crippen LogP contribution in [-0.4, -0.2) is 44.8 Å². The summed E-state index contributed by atoms with van der Waals surface area (Å²) < 4.78 is 19.2. The van der Waals surface area contributed by atoms with Gasteiger partial charge in [-0.15, -0.1) is 0 Å². The maximum Gasteiger partial charge on any atom is 0.128 e. The average molecular weight is 266 g/mol. The molecule has 0 amide bonds. The molecule has 4 heteroatoms. The van der Waals surface area contributed by atoms with Crippen molar-refractivity contribution in [2.75, 3.05) is 33.8 Å². The lowest BCUT2D eigenvalue weighted by molar-refractivity contribution is 0.0385. The maximum absolute atomic E-state index is 13.8. The Morgan fingerprint density at radius 2 is 2.05 bits per heavy atom. The molecule has 1 aromatic carbocycles. The molecule has 0 saturated carbocycles. The molecule has 19 heavy (non-hydrogen) atoms. The highest BCUT2D eigenvalue weighted by Crippen LogP contribution is 2.20. The van der Waals surface area contributed by atoms with Gasteiger partial charge in [-0.2, -0.15) is 0 Å². The largest absolute Gasteiger partial charge is 0.381 e. The number of hydrogen-bond donors (Lipinski definition) is 1. The molecule has 0 aliphatic carbocycles. The van der Waals surface area contributed by atoms with Gasteiger partial charge in [0, 0.05) is 38.3 Å². The van der Waals surface area contributed by atoms with Crippen molar-refractivity contribution in [3.8, 4) is 0 Å². The summed E-state index contributed by atoms with van der Waals surface area (Å²) in [5.41, 5.74) is 0.749. The number of halogens is 1. The SMILES string of the molecule is CNC(CN1CCC(OC)CC1)c1ccccc1F. The zero-order chi connectivity index (χ0) is 13.7. The highest BCUT2D eigenvalue weighted by molar-refractivity contribution is 5.21. The van der Waals surface area contributed by atoms with E-state index in [9.17, 15) is 4.39 Å². The number of rotatable bonds is 5. The number of methoxy groups -OCH3 is 1. The van der Waals surface area contributed by atoms with Gasteiger partial charge in [0.2, 0.25) is 0 Å². The zero-order valence-electron chi connectivity index (χ0n) is 11.7. The first-order valence-corrected chi connectivity index (χ1v) is 6.91. The van der Waals surface area contributed by atoms with Crippen LogP contribution in [0.25, 0.3) is 0 Å². The molecule has 106 valence electrons. The van der Waals surface area contributed by atoms with Gasteiger partial charge in [0.1, 0.15) is 5.82 Å². The topological polar surface area (TPSA) is 24.5 Å². The second kappa shape index (κ2) is 6.98. The van der Waals surface area contributed by atoms with E-state index in [1.165, 1.54) is 6.07 Å². The molecule has 2 rings (SSSR count). The second-order valence-corrected chi connectivity index (χ2v) is 5.10. The Kier molecular flexibility index (Phi) is 5.31. The molecule has 1 N–H and O–H groups in total. The summed E-state index contributed by atoms with van der Waals surface area (Å²) >= 11 is 0. The maximum atomic E-state index is 13.8. The van der Waals surface area contributed by atoms with Crippen LogP contribution in [0.1, 0.15) is 24.4 Å². The van der Waals surface area contributed by atoms with Crippen molar-refractivity contribution in [1.82, 2.24) is 10.2 Å². The summed E-state index contributed by atoms with van der Waals surface area (Å²) in [5.74, 6) is -0.131. The van der Waals surface area contributed by atoms with Gasteiger partial charge in [-0.3, -0.25) is 0 Å². The number of benzene rings is 1. The predicted molar refractivity (Wildman–Crippen MR) is 74.7 cm³/mol. The van der Waals surface area contributed by atoms with Gasteiger partial charge >= 0.3 is 0 Å². The third-order valence-corrected chi connectivity index (χ3v) is 3.94. The quantitative estimate of drug-likeness (QED) is 0.884. The van der Waals surface area contributed by atoms with Gasteiger partial charge in [-0.05, 0) is 26.0 Å². The van der Waals surface area contributed by atoms with Gasteiger partial charge in [-0.25, -0.2) is 4.39 Å². The number of piperidine rings is 1. The van der Waals surface area contributed by atoms with Crippen LogP contribution < -0.4 is 5.32 Å². The molecule has 0 spiro atoms. The van der Waals surface area contributed by atoms with Crippen molar-refractivity contribution in [2.45, 2.75) is 25.0 Å². The van der Waals surface area contributed by atoms with Crippen LogP contribution in [0.2, 0.25) is 0 Å². The summed E-state index contributed by atoms with van der Waals surface area (Å²) in [6.07, 6.45) is 2.51. The van der Waals surface area contributed by atoms with Crippen molar-refractivity contribution in [2.24, 2.45) is 0 Å². The van der Waals surface area contributed by atoms with Gasteiger partial charge in [0.25, 0.3) is 0 Å². The number of likely N-dealkylation sites (N-methyl/N-ethyl adjacent to an activating group) is 1. The van der Waals surface area contributed by atoms with E-state index in [2.05, 4.69) is 10.2 Å². The number of nitrogens with zero attached hydrogens (tertiary/aromatic N) is 1. The van der Waals surface area contributed by atoms with Crippen LogP contribution >= 0.6 is 0 Å². The molecular formula is C15H23FN2O. The molecule has 1 aliphatic heterocycles. The lowest BCUT2D eigenvalue weighted by Gasteiger charge is -2.33. The minimum atomic E-state index is -0.131. The lowest BCUT2D eigenvalue weighted by atomic mass is 10.0. The van der Waals surface area contributed by atoms with Gasteiger partial charge < -0.3 is 15.0 Å². The highest BCUT2D eigenvalue weighted by Gasteiger charge is 2.22. The third kappa shape index (κ3) is 3.75. The first kappa shape index (κ1) is 14.4. The molecule has 1 heterocycles. The van der Waals surface area contributed by atoms with E-state index in [1.807, 2.05) is 19.2 Å². The van der Waals surface area contributed by atoms with Crippen LogP contribution in [0.4, 0.5) is 4.39 Å². The first-order chi connectivity index (χ1) is 9.24. The molecule has 3 nitrogen and oxygen atoms in total. The smallest absolute Gasteiger partial charge is 0.128 e. The first-order valence-electron chi connectivity index (χ1n) is 6.91. The minimum Gasteiger partial charge on any atom is -0.381 e. The van der Waals surface area contributed by atoms with E-state index in [-0.39, 0.29) is 11.9 Å². The molecule has 0 aromatic heterocycles. The standard InChI is InChI=1S/C15H23FN2O/c1-17-15(13-5-3-4-6-14(13)16)11-18-9-7-12(19-2)8-10-18/h3-6,12,15,17H,7-11H2,1-2H3. The summed E-state index contributed by atoms with van der Waals surface area (Å²) in [6, 6.07) is 7.05. The van der Waals surface area contributed by atoms with Crippen LogP contribution in [0, 0.1) is 5.82 Å². The normalized spacial score (nSPS) is 19.5. The van der Waals surface area contributed by atoms with E-state index < -0.39 is 0 Å². The van der Waals surface area contributed by atoms with Crippen molar-refractivity contribution >= 4 is 0 Å². The van der Waals surface area contributed by atoms with Crippen molar-refractivity contribution in [3.63, 3.8) is 0 Å². The summed E-state index contributed by atoms with van der Waals surface area (Å²) in [4.78, 5) is 2.38. The Labute approximate surface area is 114 Å². The summed E-state index contributed by atoms with van der Waals surface area (Å²) in [5, 5.41) is 3.22. The van der Waals surface area contributed by atoms with E-state index in [4.69, 9.17) is 4.74 Å². The third-order valence-electron chi connectivity index (χ3n) is 3.94. The average Bonchev–Trinajstić information content (AvgIpc) is 2.46. The summed E-state index contributed by atoms with van der Waals surface area (Å²) in [6.45, 7) is 2.88. The monoisotopic (exact) mass is 266 g/mol. The molecule has 1 unspecified atom stereocenters. The zero-order valence-corrected chi connectivity index (χ0v) is 11.7. The number of nitrogens with one attached hydrogen (secondary N) is 1. The van der Waals surface area contributed by atoms with Crippen LogP contribution in [0.15, 0.2) is 24.3 Å². The van der Waals surface area contributed by atoms with Crippen molar-refractivity contribution < 1.29 is 9.13 Å². The van der Waals surface area contributed by atoms with Crippen LogP contribution in [0.5, 0.6) is 0 Å². The van der Waals surface area contributed by atoms with E-state index in [0.29, 0.717) is 6.10 Å². The molecule has 1 aromatic rings. The van der Waals surface area contributed by atoms with Crippen LogP contribution in [-0.2, 0) is 4.74 Å². The van der Waals surface area contributed by atoms with Gasteiger partial charge in [-0.1, -0.05) is 18.2 Å². The molecule has 1 saturated heterocycles. The molecule has 1 atom stereocenters. The highest BCUT2D eigenvalue weighted by atomic mass is 19.1. The molecule has 0 bridgehead atoms. The molecule has 1 fully saturated rings. The van der Waals surface area contributed by atoms with Crippen molar-refractivity contribution in [1.29, 1.82) is 0 Å². The van der Waals surface area contributed by atoms with Gasteiger partial charge in [0.05, 0.1) is 6.10 Å². The Bertz CT molecular complexity index is 391. The van der Waals surface area contributed by atoms with Gasteiger partial charge in [0.15, 0.2) is 0 Å². The Morgan fingerprint density at radius 1 is 1.37 bits per heavy atom. The Hall–Kier alpha value is -0.970. The Morgan fingerprint density at radius 3 is 2.63 bits per heavy atom. The molecule has 1 aliphatic rings. The number of hydrogen-bond acceptors (Lipinski definition) is 3. The Balaban J connectivity index is 1.95. The van der Waals surface area contributed by atoms with E-state index >= 15 is 0 Å². The van der Waals surface area contributed by atoms with Crippen molar-refractivity contribution in [3.05, 3.63) is 35.6 Å². The predicted octanol–water partition coefficient (Wildman–Crippen LogP) is 2.20. The number of ether oxygens (including phenoxy) is 1. The fourth-order valence-corrected chi connectivity index (χ4v) is 2.69. The fraction of sp³-hybridized carbons (Fsp3) is 0.600. The number of likely N-dealkylation sites (tertiary alicyclic amines) is 1. The molecular weight excluding hydrogens is 243 g/mol. The minimum absolute atomic E-state index is 0.0419. The molecule has 0 radical (unpaired) electrons. The summed E-state index contributed by atoms with van der Waals surface area (Å²) in [7, 11) is 3.66. The van der Waals surface area contributed by atoms with E-state index in [1.54, 1.807) is 13.2 Å². The second-order valence-electron chi connectivity index (χ2n) is 5.10. The lowest BCUT2D eigenvalue weighted by Crippen LogP contribution is -2.41. The van der Waals surface area contributed by atoms with Crippen LogP contribution in [0.3, 0.4) is 0 Å².